The van der Waals surface area contributed by atoms with Gasteiger partial charge in [0.1, 0.15) is 5.75 Å². The minimum absolute atomic E-state index is 0.0213. The molecule has 2 rings (SSSR count). The zero-order chi connectivity index (χ0) is 12.4. The van der Waals surface area contributed by atoms with Crippen LogP contribution in [-0.2, 0) is 6.42 Å². The van der Waals surface area contributed by atoms with E-state index in [1.165, 1.54) is 7.11 Å². The molecular weight excluding hydrogens is 222 g/mol. The molecule has 0 saturated heterocycles. The Morgan fingerprint density at radius 3 is 2.88 bits per heavy atom. The summed E-state index contributed by atoms with van der Waals surface area (Å²) < 4.78 is 5.07. The monoisotopic (exact) mass is 235 g/mol. The molecule has 0 aromatic heterocycles. The van der Waals surface area contributed by atoms with E-state index in [0.29, 0.717) is 29.7 Å². The number of carbonyl (C=O) groups is 1. The minimum Gasteiger partial charge on any atom is -0.497 e. The second-order valence-corrected chi connectivity index (χ2v) is 4.13. The van der Waals surface area contributed by atoms with E-state index in [9.17, 15) is 14.9 Å². The molecule has 0 bridgehead atoms. The number of ether oxygens (including phenoxy) is 1. The van der Waals surface area contributed by atoms with Gasteiger partial charge in [0.25, 0.3) is 0 Å². The SMILES string of the molecule is COc1ccc2c(c1)CC([N+](=O)[O-])CCC2=O. The molecule has 0 heterocycles. The van der Waals surface area contributed by atoms with Crippen LogP contribution in [0.4, 0.5) is 0 Å². The summed E-state index contributed by atoms with van der Waals surface area (Å²) >= 11 is 0. The third-order valence-electron chi connectivity index (χ3n) is 3.07. The summed E-state index contributed by atoms with van der Waals surface area (Å²) in [4.78, 5) is 22.3. The third-order valence-corrected chi connectivity index (χ3v) is 3.07. The lowest BCUT2D eigenvalue weighted by Gasteiger charge is -2.08. The molecule has 1 aliphatic carbocycles. The van der Waals surface area contributed by atoms with Gasteiger partial charge >= 0.3 is 0 Å². The number of methoxy groups -OCH3 is 1. The van der Waals surface area contributed by atoms with Gasteiger partial charge in [0.2, 0.25) is 6.04 Å². The van der Waals surface area contributed by atoms with Crippen LogP contribution in [-0.4, -0.2) is 23.9 Å². The van der Waals surface area contributed by atoms with Crippen molar-refractivity contribution in [3.05, 3.63) is 39.4 Å². The van der Waals surface area contributed by atoms with Crippen LogP contribution in [0.15, 0.2) is 18.2 Å². The standard InChI is InChI=1S/C12H13NO4/c1-17-10-3-4-11-8(7-10)6-9(13(15)16)2-5-12(11)14/h3-4,7,9H,2,5-6H2,1H3. The summed E-state index contributed by atoms with van der Waals surface area (Å²) in [6.45, 7) is 0. The maximum Gasteiger partial charge on any atom is 0.217 e. The molecule has 0 saturated carbocycles. The molecule has 90 valence electrons. The summed E-state index contributed by atoms with van der Waals surface area (Å²) in [5.74, 6) is 0.604. The summed E-state index contributed by atoms with van der Waals surface area (Å²) in [5.41, 5.74) is 1.31. The van der Waals surface area contributed by atoms with E-state index in [4.69, 9.17) is 4.74 Å². The predicted octanol–water partition coefficient (Wildman–Crippen LogP) is 1.86. The molecule has 1 aromatic rings. The van der Waals surface area contributed by atoms with Crippen LogP contribution >= 0.6 is 0 Å². The second-order valence-electron chi connectivity index (χ2n) is 4.13. The molecule has 5 nitrogen and oxygen atoms in total. The van der Waals surface area contributed by atoms with E-state index in [1.807, 2.05) is 0 Å². The first-order chi connectivity index (χ1) is 8.11. The maximum atomic E-state index is 11.8. The van der Waals surface area contributed by atoms with Gasteiger partial charge in [-0.25, -0.2) is 0 Å². The van der Waals surface area contributed by atoms with Crippen molar-refractivity contribution in [2.45, 2.75) is 25.3 Å². The van der Waals surface area contributed by atoms with Crippen molar-refractivity contribution in [1.82, 2.24) is 0 Å². The van der Waals surface area contributed by atoms with E-state index in [1.54, 1.807) is 18.2 Å². The van der Waals surface area contributed by atoms with Crippen LogP contribution in [0.25, 0.3) is 0 Å². The lowest BCUT2D eigenvalue weighted by atomic mass is 10.0. The zero-order valence-electron chi connectivity index (χ0n) is 9.51. The number of nitro groups is 1. The third kappa shape index (κ3) is 2.27. The maximum absolute atomic E-state index is 11.8. The largest absolute Gasteiger partial charge is 0.497 e. The molecule has 1 aromatic carbocycles. The molecule has 17 heavy (non-hydrogen) atoms. The number of hydrogen-bond donors (Lipinski definition) is 0. The van der Waals surface area contributed by atoms with Gasteiger partial charge in [0.05, 0.1) is 7.11 Å². The quantitative estimate of drug-likeness (QED) is 0.445. The normalized spacial score (nSPS) is 19.4. The Labute approximate surface area is 98.5 Å². The minimum atomic E-state index is -0.674. The Morgan fingerprint density at radius 1 is 1.47 bits per heavy atom. The smallest absolute Gasteiger partial charge is 0.217 e. The van der Waals surface area contributed by atoms with Gasteiger partial charge in [-0.2, -0.15) is 0 Å². The van der Waals surface area contributed by atoms with Crippen molar-refractivity contribution in [2.24, 2.45) is 0 Å². The number of ketones is 1. The van der Waals surface area contributed by atoms with Crippen LogP contribution in [0.3, 0.4) is 0 Å². The molecule has 1 aliphatic rings. The molecule has 0 radical (unpaired) electrons. The van der Waals surface area contributed by atoms with Crippen LogP contribution in [0, 0.1) is 10.1 Å². The lowest BCUT2D eigenvalue weighted by molar-refractivity contribution is -0.522. The first kappa shape index (κ1) is 11.6. The summed E-state index contributed by atoms with van der Waals surface area (Å²) in [6, 6.07) is 4.45. The first-order valence-electron chi connectivity index (χ1n) is 5.45. The summed E-state index contributed by atoms with van der Waals surface area (Å²) in [6.07, 6.45) is 0.846. The van der Waals surface area contributed by atoms with Gasteiger partial charge < -0.3 is 4.74 Å². The number of nitrogens with zero attached hydrogens (tertiary/aromatic N) is 1. The molecule has 0 spiro atoms. The van der Waals surface area contributed by atoms with E-state index in [0.717, 1.165) is 0 Å². The molecule has 1 unspecified atom stereocenters. The van der Waals surface area contributed by atoms with Crippen LogP contribution in [0.2, 0.25) is 0 Å². The van der Waals surface area contributed by atoms with E-state index in [-0.39, 0.29) is 17.1 Å². The number of rotatable bonds is 2. The van der Waals surface area contributed by atoms with E-state index < -0.39 is 6.04 Å². The van der Waals surface area contributed by atoms with Crippen LogP contribution in [0.5, 0.6) is 5.75 Å². The fraction of sp³-hybridized carbons (Fsp3) is 0.417. The molecule has 0 fully saturated rings. The highest BCUT2D eigenvalue weighted by Gasteiger charge is 2.28. The lowest BCUT2D eigenvalue weighted by Crippen LogP contribution is -2.21. The highest BCUT2D eigenvalue weighted by atomic mass is 16.6. The number of benzene rings is 1. The fourth-order valence-corrected chi connectivity index (χ4v) is 2.11. The van der Waals surface area contributed by atoms with Gasteiger partial charge in [-0.3, -0.25) is 14.9 Å². The number of fused-ring (bicyclic) bond motifs is 1. The molecular formula is C12H13NO4. The Hall–Kier alpha value is -1.91. The number of carbonyl (C=O) groups excluding carboxylic acids is 1. The van der Waals surface area contributed by atoms with Crippen molar-refractivity contribution < 1.29 is 14.5 Å². The van der Waals surface area contributed by atoms with E-state index in [2.05, 4.69) is 0 Å². The van der Waals surface area contributed by atoms with Gasteiger partial charge in [0, 0.05) is 29.7 Å². The average Bonchev–Trinajstić information content (AvgIpc) is 2.48. The van der Waals surface area contributed by atoms with Crippen molar-refractivity contribution in [2.75, 3.05) is 7.11 Å². The number of Topliss-reactive ketones (excluding diaryl/α,β-unsaturated/α-hetero) is 1. The topological polar surface area (TPSA) is 69.4 Å². The Balaban J connectivity index is 2.41. The van der Waals surface area contributed by atoms with Crippen molar-refractivity contribution in [3.63, 3.8) is 0 Å². The first-order valence-corrected chi connectivity index (χ1v) is 5.45. The van der Waals surface area contributed by atoms with Gasteiger partial charge in [-0.15, -0.1) is 0 Å². The zero-order valence-corrected chi connectivity index (χ0v) is 9.51. The number of hydrogen-bond acceptors (Lipinski definition) is 4. The highest BCUT2D eigenvalue weighted by Crippen LogP contribution is 2.25. The molecule has 0 amide bonds. The molecule has 1 atom stereocenters. The van der Waals surface area contributed by atoms with E-state index >= 15 is 0 Å². The fourth-order valence-electron chi connectivity index (χ4n) is 2.11. The van der Waals surface area contributed by atoms with Crippen LogP contribution in [0.1, 0.15) is 28.8 Å². The molecule has 0 aliphatic heterocycles. The van der Waals surface area contributed by atoms with Crippen molar-refractivity contribution in [3.8, 4) is 5.75 Å². The Kier molecular flexibility index (Phi) is 3.08. The van der Waals surface area contributed by atoms with Gasteiger partial charge in [-0.1, -0.05) is 0 Å². The van der Waals surface area contributed by atoms with Crippen molar-refractivity contribution in [1.29, 1.82) is 0 Å². The molecule has 5 heteroatoms. The Morgan fingerprint density at radius 2 is 2.24 bits per heavy atom. The average molecular weight is 235 g/mol. The van der Waals surface area contributed by atoms with Crippen molar-refractivity contribution >= 4 is 5.78 Å². The van der Waals surface area contributed by atoms with Gasteiger partial charge in [-0.05, 0) is 23.8 Å². The Bertz CT molecular complexity index is 470. The predicted molar refractivity (Wildman–Crippen MR) is 61.0 cm³/mol. The highest BCUT2D eigenvalue weighted by molar-refractivity contribution is 5.98. The molecule has 0 N–H and O–H groups in total. The van der Waals surface area contributed by atoms with Crippen LogP contribution < -0.4 is 4.74 Å². The second kappa shape index (κ2) is 4.53. The van der Waals surface area contributed by atoms with Gasteiger partial charge in [0.15, 0.2) is 5.78 Å². The summed E-state index contributed by atoms with van der Waals surface area (Å²) in [7, 11) is 1.53. The summed E-state index contributed by atoms with van der Waals surface area (Å²) in [5, 5.41) is 10.8.